The molecule has 1 aliphatic heterocycles. The van der Waals surface area contributed by atoms with Crippen LogP contribution in [0.5, 0.6) is 5.75 Å². The van der Waals surface area contributed by atoms with Crippen LogP contribution >= 0.6 is 0 Å². The van der Waals surface area contributed by atoms with Gasteiger partial charge in [0.05, 0.1) is 13.2 Å². The van der Waals surface area contributed by atoms with Crippen LogP contribution in [0, 0.1) is 5.92 Å². The average molecular weight is 320 g/mol. The van der Waals surface area contributed by atoms with E-state index in [-0.39, 0.29) is 17.1 Å². The van der Waals surface area contributed by atoms with Crippen LogP contribution in [-0.4, -0.2) is 18.3 Å². The zero-order valence-corrected chi connectivity index (χ0v) is 15.7. The van der Waals surface area contributed by atoms with Gasteiger partial charge in [-0.1, -0.05) is 48.5 Å². The average Bonchev–Trinajstić information content (AvgIpc) is 2.45. The molecule has 1 heterocycles. The number of benzene rings is 1. The van der Waals surface area contributed by atoms with Crippen molar-refractivity contribution in [2.75, 3.05) is 13.2 Å². The molecule has 0 atom stereocenters. The molecule has 0 aliphatic carbocycles. The molecule has 0 amide bonds. The van der Waals surface area contributed by atoms with Gasteiger partial charge in [0.2, 0.25) is 0 Å². The maximum Gasteiger partial charge on any atom is 0.183 e. The predicted molar refractivity (Wildman–Crippen MR) is 93.9 cm³/mol. The Morgan fingerprint density at radius 1 is 0.957 bits per heavy atom. The summed E-state index contributed by atoms with van der Waals surface area (Å²) in [6.45, 7) is 16.3. The summed E-state index contributed by atoms with van der Waals surface area (Å²) in [6.07, 6.45) is 0.739. The smallest absolute Gasteiger partial charge is 0.183 e. The molecule has 23 heavy (non-hydrogen) atoms. The monoisotopic (exact) mass is 320 g/mol. The van der Waals surface area contributed by atoms with Gasteiger partial charge in [-0.15, -0.1) is 0 Å². The van der Waals surface area contributed by atoms with E-state index in [1.165, 1.54) is 0 Å². The minimum Gasteiger partial charge on any atom is -0.507 e. The van der Waals surface area contributed by atoms with Gasteiger partial charge in [0.15, 0.2) is 6.29 Å². The van der Waals surface area contributed by atoms with Crippen LogP contribution in [0.15, 0.2) is 12.1 Å². The standard InChI is InChI=1S/C20H32O3/c1-8-13-11-22-18(23-12-13)14-9-15(19(2,3)4)17(21)16(10-14)20(5,6)7/h9-10,13,18,21H,8,11-12H2,1-7H3. The van der Waals surface area contributed by atoms with E-state index in [1.54, 1.807) is 0 Å². The molecule has 2 rings (SSSR count). The second-order valence-electron chi connectivity index (χ2n) is 8.74. The Kier molecular flexibility index (Phi) is 5.12. The largest absolute Gasteiger partial charge is 0.507 e. The molecule has 1 saturated heterocycles. The van der Waals surface area contributed by atoms with Crippen LogP contribution in [0.4, 0.5) is 0 Å². The van der Waals surface area contributed by atoms with E-state index in [0.29, 0.717) is 11.7 Å². The van der Waals surface area contributed by atoms with Crippen molar-refractivity contribution < 1.29 is 14.6 Å². The fourth-order valence-electron chi connectivity index (χ4n) is 2.91. The number of phenolic OH excluding ortho intramolecular Hbond substituents is 1. The highest BCUT2D eigenvalue weighted by molar-refractivity contribution is 5.50. The molecule has 0 aromatic heterocycles. The summed E-state index contributed by atoms with van der Waals surface area (Å²) in [5.74, 6) is 0.878. The third-order valence-electron chi connectivity index (χ3n) is 4.56. The Bertz CT molecular complexity index is 506. The molecule has 1 aromatic rings. The van der Waals surface area contributed by atoms with Crippen molar-refractivity contribution >= 4 is 0 Å². The van der Waals surface area contributed by atoms with E-state index in [1.807, 2.05) is 12.1 Å². The van der Waals surface area contributed by atoms with Gasteiger partial charge in [-0.05, 0) is 40.5 Å². The van der Waals surface area contributed by atoms with Crippen molar-refractivity contribution in [3.63, 3.8) is 0 Å². The topological polar surface area (TPSA) is 38.7 Å². The summed E-state index contributed by atoms with van der Waals surface area (Å²) in [5.41, 5.74) is 2.63. The van der Waals surface area contributed by atoms with E-state index in [4.69, 9.17) is 9.47 Å². The van der Waals surface area contributed by atoms with Gasteiger partial charge in [0.1, 0.15) is 5.75 Å². The van der Waals surface area contributed by atoms with Crippen LogP contribution in [0.3, 0.4) is 0 Å². The van der Waals surface area contributed by atoms with E-state index < -0.39 is 0 Å². The van der Waals surface area contributed by atoms with E-state index >= 15 is 0 Å². The van der Waals surface area contributed by atoms with Gasteiger partial charge >= 0.3 is 0 Å². The van der Waals surface area contributed by atoms with Crippen molar-refractivity contribution in [3.8, 4) is 5.75 Å². The van der Waals surface area contributed by atoms with Crippen molar-refractivity contribution in [1.29, 1.82) is 0 Å². The van der Waals surface area contributed by atoms with Crippen LogP contribution in [0.1, 0.15) is 77.9 Å². The molecule has 1 N–H and O–H groups in total. The van der Waals surface area contributed by atoms with Gasteiger partial charge in [-0.2, -0.15) is 0 Å². The summed E-state index contributed by atoms with van der Waals surface area (Å²) < 4.78 is 11.9. The van der Waals surface area contributed by atoms with Gasteiger partial charge < -0.3 is 14.6 Å². The molecule has 0 bridgehead atoms. The fraction of sp³-hybridized carbons (Fsp3) is 0.700. The number of aromatic hydroxyl groups is 1. The zero-order chi connectivity index (χ0) is 17.4. The molecular formula is C20H32O3. The Balaban J connectivity index is 2.44. The maximum absolute atomic E-state index is 10.8. The Morgan fingerprint density at radius 3 is 1.74 bits per heavy atom. The molecule has 0 saturated carbocycles. The molecule has 3 nitrogen and oxygen atoms in total. The second kappa shape index (κ2) is 6.45. The first-order valence-corrected chi connectivity index (χ1v) is 8.65. The lowest BCUT2D eigenvalue weighted by molar-refractivity contribution is -0.205. The molecule has 1 aromatic carbocycles. The highest BCUT2D eigenvalue weighted by Gasteiger charge is 2.30. The third kappa shape index (κ3) is 4.07. The quantitative estimate of drug-likeness (QED) is 0.828. The molecule has 1 aliphatic rings. The minimum absolute atomic E-state index is 0.138. The molecule has 130 valence electrons. The first-order chi connectivity index (χ1) is 10.5. The van der Waals surface area contributed by atoms with Crippen molar-refractivity contribution in [3.05, 3.63) is 28.8 Å². The minimum atomic E-state index is -0.333. The fourth-order valence-corrected chi connectivity index (χ4v) is 2.91. The Labute approximate surface area is 141 Å². The van der Waals surface area contributed by atoms with Gasteiger partial charge in [0.25, 0.3) is 0 Å². The highest BCUT2D eigenvalue weighted by Crippen LogP contribution is 2.42. The van der Waals surface area contributed by atoms with Crippen molar-refractivity contribution in [2.24, 2.45) is 5.92 Å². The summed E-state index contributed by atoms with van der Waals surface area (Å²) in [6, 6.07) is 4.09. The summed E-state index contributed by atoms with van der Waals surface area (Å²) in [7, 11) is 0. The number of ether oxygens (including phenoxy) is 2. The molecular weight excluding hydrogens is 288 g/mol. The molecule has 0 unspecified atom stereocenters. The summed E-state index contributed by atoms with van der Waals surface area (Å²) in [5, 5.41) is 10.8. The van der Waals surface area contributed by atoms with E-state index in [9.17, 15) is 5.11 Å². The summed E-state index contributed by atoms with van der Waals surface area (Å²) >= 11 is 0. The molecule has 0 radical (unpaired) electrons. The van der Waals surface area contributed by atoms with Crippen LogP contribution in [0.25, 0.3) is 0 Å². The lowest BCUT2D eigenvalue weighted by Gasteiger charge is -2.32. The zero-order valence-electron chi connectivity index (χ0n) is 15.7. The van der Waals surface area contributed by atoms with Crippen molar-refractivity contribution in [1.82, 2.24) is 0 Å². The summed E-state index contributed by atoms with van der Waals surface area (Å²) in [4.78, 5) is 0. The number of phenols is 1. The van der Waals surface area contributed by atoms with Crippen molar-refractivity contribution in [2.45, 2.75) is 72.0 Å². The second-order valence-corrected chi connectivity index (χ2v) is 8.74. The normalized spacial score (nSPS) is 23.1. The Morgan fingerprint density at radius 2 is 1.39 bits per heavy atom. The first kappa shape index (κ1) is 18.3. The number of rotatable bonds is 2. The van der Waals surface area contributed by atoms with Gasteiger partial charge in [0, 0.05) is 11.5 Å². The predicted octanol–water partition coefficient (Wildman–Crippen LogP) is 5.06. The lowest BCUT2D eigenvalue weighted by atomic mass is 9.78. The Hall–Kier alpha value is -1.06. The lowest BCUT2D eigenvalue weighted by Crippen LogP contribution is -2.27. The van der Waals surface area contributed by atoms with Crippen LogP contribution in [-0.2, 0) is 20.3 Å². The SMILES string of the molecule is CCC1COC(c2cc(C(C)(C)C)c(O)c(C(C)(C)C)c2)OC1. The first-order valence-electron chi connectivity index (χ1n) is 8.65. The van der Waals surface area contributed by atoms with E-state index in [2.05, 4.69) is 48.5 Å². The molecule has 3 heteroatoms. The van der Waals surface area contributed by atoms with Gasteiger partial charge in [-0.25, -0.2) is 0 Å². The highest BCUT2D eigenvalue weighted by atomic mass is 16.7. The van der Waals surface area contributed by atoms with Crippen LogP contribution in [0.2, 0.25) is 0 Å². The van der Waals surface area contributed by atoms with E-state index in [0.717, 1.165) is 36.3 Å². The van der Waals surface area contributed by atoms with Gasteiger partial charge in [-0.3, -0.25) is 0 Å². The number of hydrogen-bond donors (Lipinski definition) is 1. The molecule has 0 spiro atoms. The number of hydrogen-bond acceptors (Lipinski definition) is 3. The molecule has 1 fully saturated rings. The third-order valence-corrected chi connectivity index (χ3v) is 4.56. The van der Waals surface area contributed by atoms with Crippen LogP contribution < -0.4 is 0 Å². The maximum atomic E-state index is 10.8.